The normalized spacial score (nSPS) is 20.3. The summed E-state index contributed by atoms with van der Waals surface area (Å²) in [5, 5.41) is 2.92. The predicted molar refractivity (Wildman–Crippen MR) is 104 cm³/mol. The van der Waals surface area contributed by atoms with Gasteiger partial charge in [-0.3, -0.25) is 4.18 Å². The molecule has 1 amide bonds. The molecule has 1 aliphatic carbocycles. The molecule has 1 rings (SSSR count). The number of hydrogen-bond donors (Lipinski definition) is 1. The minimum absolute atomic E-state index is 0.00706. The van der Waals surface area contributed by atoms with Gasteiger partial charge in [0, 0.05) is 12.6 Å². The van der Waals surface area contributed by atoms with Crippen LogP contribution in [0.3, 0.4) is 0 Å². The fourth-order valence-corrected chi connectivity index (χ4v) is 3.14. The van der Waals surface area contributed by atoms with Gasteiger partial charge in [-0.1, -0.05) is 0 Å². The third-order valence-corrected chi connectivity index (χ3v) is 4.48. The molecule has 0 aromatic rings. The van der Waals surface area contributed by atoms with Crippen molar-refractivity contribution in [1.29, 1.82) is 0 Å². The Balaban J connectivity index is 1.93. The van der Waals surface area contributed by atoms with E-state index < -0.39 is 15.7 Å². The molecular weight excluding hydrogens is 390 g/mol. The highest BCUT2D eigenvalue weighted by Gasteiger charge is 2.27. The second kappa shape index (κ2) is 12.6. The number of ether oxygens (including phenoxy) is 4. The predicted octanol–water partition coefficient (Wildman–Crippen LogP) is 1.71. The third kappa shape index (κ3) is 14.1. The van der Waals surface area contributed by atoms with Gasteiger partial charge in [0.2, 0.25) is 0 Å². The first-order valence-corrected chi connectivity index (χ1v) is 11.4. The van der Waals surface area contributed by atoms with Crippen LogP contribution in [0.15, 0.2) is 0 Å². The zero-order chi connectivity index (χ0) is 21.0. The van der Waals surface area contributed by atoms with Crippen molar-refractivity contribution in [2.24, 2.45) is 5.92 Å². The lowest BCUT2D eigenvalue weighted by molar-refractivity contribution is 0.00368. The summed E-state index contributed by atoms with van der Waals surface area (Å²) in [6, 6.07) is 0.142. The molecular formula is C18H35NO8S. The quantitative estimate of drug-likeness (QED) is 0.351. The standard InChI is InChI=1S/C18H35NO8S/c1-18(2,3)27-17(20)19-16-6-5-15(13-16)14-25-10-9-23-7-8-24-11-12-26-28(4,21)22/h15-16H,5-14H2,1-4H3,(H,19,20)/t15-,16-/m1/s1. The Bertz CT molecular complexity index is 546. The SMILES string of the molecule is CC(C)(C)OC(=O)N[C@@H]1CC[C@@H](COCCOCCOCCOS(C)(=O)=O)C1. The number of carbonyl (C=O) groups is 1. The Labute approximate surface area is 168 Å². The van der Waals surface area contributed by atoms with E-state index in [1.807, 2.05) is 20.8 Å². The summed E-state index contributed by atoms with van der Waals surface area (Å²) in [4.78, 5) is 11.8. The molecule has 1 fully saturated rings. The molecule has 0 saturated heterocycles. The Morgan fingerprint density at radius 3 is 2.11 bits per heavy atom. The van der Waals surface area contributed by atoms with E-state index in [4.69, 9.17) is 18.9 Å². The smallest absolute Gasteiger partial charge is 0.407 e. The number of hydrogen-bond acceptors (Lipinski definition) is 8. The summed E-state index contributed by atoms with van der Waals surface area (Å²) < 4.78 is 47.5. The summed E-state index contributed by atoms with van der Waals surface area (Å²) in [5.41, 5.74) is -0.486. The van der Waals surface area contributed by atoms with Crippen molar-refractivity contribution in [2.75, 3.05) is 52.5 Å². The van der Waals surface area contributed by atoms with Gasteiger partial charge in [0.25, 0.3) is 10.1 Å². The third-order valence-electron chi connectivity index (χ3n) is 3.88. The van der Waals surface area contributed by atoms with E-state index >= 15 is 0 Å². The molecule has 1 N–H and O–H groups in total. The van der Waals surface area contributed by atoms with E-state index in [1.165, 1.54) is 0 Å². The van der Waals surface area contributed by atoms with Crippen LogP contribution in [0.25, 0.3) is 0 Å². The van der Waals surface area contributed by atoms with Crippen molar-refractivity contribution in [3.63, 3.8) is 0 Å². The summed E-state index contributed by atoms with van der Waals surface area (Å²) in [6.07, 6.45) is 3.48. The van der Waals surface area contributed by atoms with Crippen LogP contribution in [0.2, 0.25) is 0 Å². The first-order valence-electron chi connectivity index (χ1n) is 9.62. The van der Waals surface area contributed by atoms with Gasteiger partial charge in [-0.15, -0.1) is 0 Å². The second-order valence-electron chi connectivity index (χ2n) is 7.85. The average Bonchev–Trinajstić information content (AvgIpc) is 2.96. The molecule has 166 valence electrons. The topological polar surface area (TPSA) is 109 Å². The van der Waals surface area contributed by atoms with E-state index in [1.54, 1.807) is 0 Å². The van der Waals surface area contributed by atoms with Gasteiger partial charge in [0.15, 0.2) is 0 Å². The monoisotopic (exact) mass is 425 g/mol. The lowest BCUT2D eigenvalue weighted by atomic mass is 10.1. The zero-order valence-electron chi connectivity index (χ0n) is 17.4. The lowest BCUT2D eigenvalue weighted by Crippen LogP contribution is -2.38. The van der Waals surface area contributed by atoms with Crippen LogP contribution in [-0.4, -0.2) is 78.7 Å². The van der Waals surface area contributed by atoms with Crippen molar-refractivity contribution < 1.29 is 36.3 Å². The Kier molecular flexibility index (Phi) is 11.3. The number of alkyl carbamates (subject to hydrolysis) is 1. The second-order valence-corrected chi connectivity index (χ2v) is 9.49. The Hall–Kier alpha value is -0.940. The molecule has 9 nitrogen and oxygen atoms in total. The highest BCUT2D eigenvalue weighted by atomic mass is 32.2. The maximum atomic E-state index is 11.8. The highest BCUT2D eigenvalue weighted by molar-refractivity contribution is 7.85. The van der Waals surface area contributed by atoms with Crippen LogP contribution in [0.5, 0.6) is 0 Å². The summed E-state index contributed by atoms with van der Waals surface area (Å²) in [5.74, 6) is 0.429. The Morgan fingerprint density at radius 1 is 0.964 bits per heavy atom. The molecule has 0 heterocycles. The van der Waals surface area contributed by atoms with Crippen LogP contribution in [0.1, 0.15) is 40.0 Å². The fraction of sp³-hybridized carbons (Fsp3) is 0.944. The van der Waals surface area contributed by atoms with Gasteiger partial charge >= 0.3 is 6.09 Å². The van der Waals surface area contributed by atoms with Crippen molar-refractivity contribution in [3.05, 3.63) is 0 Å². The van der Waals surface area contributed by atoms with Crippen LogP contribution in [0.4, 0.5) is 4.79 Å². The molecule has 0 spiro atoms. The lowest BCUT2D eigenvalue weighted by Gasteiger charge is -2.21. The number of carbonyl (C=O) groups excluding carboxylic acids is 1. The van der Waals surface area contributed by atoms with Gasteiger partial charge in [-0.25, -0.2) is 4.79 Å². The Morgan fingerprint density at radius 2 is 1.54 bits per heavy atom. The molecule has 2 atom stereocenters. The van der Waals surface area contributed by atoms with Crippen molar-refractivity contribution in [1.82, 2.24) is 5.32 Å². The molecule has 1 saturated carbocycles. The van der Waals surface area contributed by atoms with E-state index in [0.717, 1.165) is 25.5 Å². The van der Waals surface area contributed by atoms with Crippen LogP contribution < -0.4 is 5.32 Å². The minimum Gasteiger partial charge on any atom is -0.444 e. The van der Waals surface area contributed by atoms with Gasteiger partial charge < -0.3 is 24.3 Å². The van der Waals surface area contributed by atoms with Crippen molar-refractivity contribution >= 4 is 16.2 Å². The summed E-state index contributed by atoms with van der Waals surface area (Å²) in [7, 11) is -3.41. The van der Waals surface area contributed by atoms with Gasteiger partial charge in [0.05, 0.1) is 45.9 Å². The molecule has 1 aliphatic rings. The van der Waals surface area contributed by atoms with Gasteiger partial charge in [-0.05, 0) is 46.0 Å². The number of nitrogens with one attached hydrogen (secondary N) is 1. The number of amides is 1. The van der Waals surface area contributed by atoms with Gasteiger partial charge in [-0.2, -0.15) is 8.42 Å². The molecule has 0 aliphatic heterocycles. The van der Waals surface area contributed by atoms with E-state index in [9.17, 15) is 13.2 Å². The van der Waals surface area contributed by atoms with Crippen LogP contribution in [-0.2, 0) is 33.2 Å². The number of rotatable bonds is 13. The highest BCUT2D eigenvalue weighted by Crippen LogP contribution is 2.26. The fourth-order valence-electron chi connectivity index (χ4n) is 2.77. The molecule has 28 heavy (non-hydrogen) atoms. The minimum atomic E-state index is -3.41. The van der Waals surface area contributed by atoms with Gasteiger partial charge in [0.1, 0.15) is 5.60 Å². The summed E-state index contributed by atoms with van der Waals surface area (Å²) in [6.45, 7) is 8.14. The molecule has 0 unspecified atom stereocenters. The molecule has 0 bridgehead atoms. The van der Waals surface area contributed by atoms with Crippen molar-refractivity contribution in [2.45, 2.75) is 51.7 Å². The van der Waals surface area contributed by atoms with E-state index in [-0.39, 0.29) is 25.3 Å². The first-order chi connectivity index (χ1) is 13.1. The largest absolute Gasteiger partial charge is 0.444 e. The molecule has 0 aromatic carbocycles. The zero-order valence-corrected chi connectivity index (χ0v) is 18.2. The van der Waals surface area contributed by atoms with E-state index in [0.29, 0.717) is 39.0 Å². The van der Waals surface area contributed by atoms with E-state index in [2.05, 4.69) is 9.50 Å². The molecule has 0 radical (unpaired) electrons. The molecule has 0 aromatic heterocycles. The van der Waals surface area contributed by atoms with Crippen molar-refractivity contribution in [3.8, 4) is 0 Å². The maximum absolute atomic E-state index is 11.8. The first kappa shape index (κ1) is 25.1. The average molecular weight is 426 g/mol. The molecule has 10 heteroatoms. The summed E-state index contributed by atoms with van der Waals surface area (Å²) >= 11 is 0. The maximum Gasteiger partial charge on any atom is 0.407 e. The van der Waals surface area contributed by atoms with Crippen LogP contribution in [0, 0.1) is 5.92 Å². The van der Waals surface area contributed by atoms with Crippen LogP contribution >= 0.6 is 0 Å².